The zero-order valence-electron chi connectivity index (χ0n) is 11.7. The molecule has 5 nitrogen and oxygen atoms in total. The number of hydrogen-bond donors (Lipinski definition) is 1. The zero-order chi connectivity index (χ0) is 14.4. The van der Waals surface area contributed by atoms with Gasteiger partial charge in [-0.25, -0.2) is 0 Å². The smallest absolute Gasteiger partial charge is 0.253 e. The summed E-state index contributed by atoms with van der Waals surface area (Å²) in [6, 6.07) is 7.16. The Balaban J connectivity index is 1.99. The van der Waals surface area contributed by atoms with Gasteiger partial charge in [0.05, 0.1) is 6.61 Å². The fourth-order valence-corrected chi connectivity index (χ4v) is 2.07. The van der Waals surface area contributed by atoms with E-state index in [1.54, 1.807) is 17.0 Å². The Hall–Kier alpha value is -2.04. The average molecular weight is 276 g/mol. The molecule has 20 heavy (non-hydrogen) atoms. The van der Waals surface area contributed by atoms with Crippen LogP contribution in [0.4, 0.5) is 0 Å². The van der Waals surface area contributed by atoms with Crippen molar-refractivity contribution >= 4 is 11.8 Å². The lowest BCUT2D eigenvalue weighted by Gasteiger charge is -2.19. The maximum atomic E-state index is 12.3. The van der Waals surface area contributed by atoms with Crippen LogP contribution in [0, 0.1) is 0 Å². The van der Waals surface area contributed by atoms with Crippen LogP contribution in [0.15, 0.2) is 24.3 Å². The first-order chi connectivity index (χ1) is 9.70. The minimum absolute atomic E-state index is 0.00335. The van der Waals surface area contributed by atoms with Crippen LogP contribution in [-0.2, 0) is 4.79 Å². The number of carbonyl (C=O) groups is 2. The Bertz CT molecular complexity index is 471. The predicted molar refractivity (Wildman–Crippen MR) is 75.8 cm³/mol. The number of rotatable bonds is 4. The molecule has 2 amide bonds. The highest BCUT2D eigenvalue weighted by Gasteiger charge is 2.19. The van der Waals surface area contributed by atoms with E-state index in [9.17, 15) is 9.59 Å². The fourth-order valence-electron chi connectivity index (χ4n) is 2.07. The van der Waals surface area contributed by atoms with Gasteiger partial charge in [-0.1, -0.05) is 6.92 Å². The molecule has 0 bridgehead atoms. The van der Waals surface area contributed by atoms with E-state index in [2.05, 4.69) is 5.32 Å². The van der Waals surface area contributed by atoms with Gasteiger partial charge >= 0.3 is 0 Å². The molecule has 108 valence electrons. The van der Waals surface area contributed by atoms with E-state index in [0.717, 1.165) is 12.2 Å². The number of benzene rings is 1. The molecule has 0 spiro atoms. The lowest BCUT2D eigenvalue weighted by atomic mass is 10.2. The van der Waals surface area contributed by atoms with Gasteiger partial charge < -0.3 is 15.0 Å². The third-order valence-electron chi connectivity index (χ3n) is 3.17. The van der Waals surface area contributed by atoms with Gasteiger partial charge in [0.1, 0.15) is 5.75 Å². The van der Waals surface area contributed by atoms with Crippen molar-refractivity contribution in [2.24, 2.45) is 0 Å². The molecule has 1 heterocycles. The van der Waals surface area contributed by atoms with Crippen molar-refractivity contribution in [2.75, 3.05) is 26.2 Å². The largest absolute Gasteiger partial charge is 0.494 e. The maximum absolute atomic E-state index is 12.3. The van der Waals surface area contributed by atoms with E-state index >= 15 is 0 Å². The molecule has 1 aliphatic rings. The molecule has 1 fully saturated rings. The van der Waals surface area contributed by atoms with Crippen LogP contribution in [0.1, 0.15) is 30.1 Å². The second-order valence-corrected chi connectivity index (χ2v) is 4.76. The Kier molecular flexibility index (Phi) is 4.98. The summed E-state index contributed by atoms with van der Waals surface area (Å²) in [6.07, 6.45) is 1.32. The van der Waals surface area contributed by atoms with Crippen molar-refractivity contribution in [3.63, 3.8) is 0 Å². The molecule has 0 aliphatic carbocycles. The summed E-state index contributed by atoms with van der Waals surface area (Å²) >= 11 is 0. The molecular weight excluding hydrogens is 256 g/mol. The molecule has 0 aromatic heterocycles. The second kappa shape index (κ2) is 6.93. The Morgan fingerprint density at radius 2 is 2.05 bits per heavy atom. The third-order valence-corrected chi connectivity index (χ3v) is 3.17. The molecule has 5 heteroatoms. The summed E-state index contributed by atoms with van der Waals surface area (Å²) in [5, 5.41) is 2.76. The number of nitrogens with zero attached hydrogens (tertiary/aromatic N) is 1. The SMILES string of the molecule is CCCOc1ccc(C(=O)N2CCNC(=O)CC2)cc1. The summed E-state index contributed by atoms with van der Waals surface area (Å²) in [4.78, 5) is 25.3. The first-order valence-electron chi connectivity index (χ1n) is 6.99. The summed E-state index contributed by atoms with van der Waals surface area (Å²) in [6.45, 7) is 4.26. The van der Waals surface area contributed by atoms with Crippen molar-refractivity contribution in [1.29, 1.82) is 0 Å². The van der Waals surface area contributed by atoms with E-state index in [-0.39, 0.29) is 11.8 Å². The first kappa shape index (κ1) is 14.4. The summed E-state index contributed by atoms with van der Waals surface area (Å²) in [5.74, 6) is 0.739. The monoisotopic (exact) mass is 276 g/mol. The molecule has 1 aromatic rings. The second-order valence-electron chi connectivity index (χ2n) is 4.76. The van der Waals surface area contributed by atoms with Crippen LogP contribution >= 0.6 is 0 Å². The van der Waals surface area contributed by atoms with Gasteiger partial charge in [-0.2, -0.15) is 0 Å². The molecule has 1 N–H and O–H groups in total. The highest BCUT2D eigenvalue weighted by atomic mass is 16.5. The van der Waals surface area contributed by atoms with E-state index in [4.69, 9.17) is 4.74 Å². The third kappa shape index (κ3) is 3.73. The standard InChI is InChI=1S/C15H20N2O3/c1-2-11-20-13-5-3-12(4-6-13)15(19)17-9-7-14(18)16-8-10-17/h3-6H,2,7-11H2,1H3,(H,16,18). The number of ether oxygens (including phenoxy) is 1. The summed E-state index contributed by atoms with van der Waals surface area (Å²) in [7, 11) is 0. The van der Waals surface area contributed by atoms with Crippen molar-refractivity contribution in [1.82, 2.24) is 10.2 Å². The minimum Gasteiger partial charge on any atom is -0.494 e. The van der Waals surface area contributed by atoms with Crippen LogP contribution in [0.5, 0.6) is 5.75 Å². The van der Waals surface area contributed by atoms with Crippen LogP contribution in [0.2, 0.25) is 0 Å². The van der Waals surface area contributed by atoms with Gasteiger partial charge in [-0.05, 0) is 30.7 Å². The van der Waals surface area contributed by atoms with Crippen molar-refractivity contribution in [3.05, 3.63) is 29.8 Å². The van der Waals surface area contributed by atoms with Crippen LogP contribution in [0.3, 0.4) is 0 Å². The minimum atomic E-state index is -0.0384. The van der Waals surface area contributed by atoms with Gasteiger partial charge in [-0.15, -0.1) is 0 Å². The van der Waals surface area contributed by atoms with E-state index in [1.165, 1.54) is 0 Å². The molecule has 0 atom stereocenters. The molecule has 1 saturated heterocycles. The molecule has 0 saturated carbocycles. The van der Waals surface area contributed by atoms with Gasteiger partial charge in [-0.3, -0.25) is 9.59 Å². The maximum Gasteiger partial charge on any atom is 0.253 e. The quantitative estimate of drug-likeness (QED) is 0.905. The fraction of sp³-hybridized carbons (Fsp3) is 0.467. The zero-order valence-corrected chi connectivity index (χ0v) is 11.7. The highest BCUT2D eigenvalue weighted by Crippen LogP contribution is 2.14. The van der Waals surface area contributed by atoms with Crippen LogP contribution in [-0.4, -0.2) is 43.0 Å². The van der Waals surface area contributed by atoms with E-state index < -0.39 is 0 Å². The summed E-state index contributed by atoms with van der Waals surface area (Å²) in [5.41, 5.74) is 0.628. The van der Waals surface area contributed by atoms with Crippen LogP contribution in [0.25, 0.3) is 0 Å². The topological polar surface area (TPSA) is 58.6 Å². The number of nitrogens with one attached hydrogen (secondary N) is 1. The average Bonchev–Trinajstić information content (AvgIpc) is 2.70. The molecule has 1 aromatic carbocycles. The summed E-state index contributed by atoms with van der Waals surface area (Å²) < 4.78 is 5.49. The normalized spacial score (nSPS) is 15.4. The molecule has 1 aliphatic heterocycles. The van der Waals surface area contributed by atoms with Crippen molar-refractivity contribution in [2.45, 2.75) is 19.8 Å². The lowest BCUT2D eigenvalue weighted by molar-refractivity contribution is -0.120. The van der Waals surface area contributed by atoms with Crippen molar-refractivity contribution < 1.29 is 14.3 Å². The lowest BCUT2D eigenvalue weighted by Crippen LogP contribution is -2.34. The van der Waals surface area contributed by atoms with Gasteiger partial charge in [0.25, 0.3) is 5.91 Å². The Morgan fingerprint density at radius 1 is 1.30 bits per heavy atom. The predicted octanol–water partition coefficient (Wildman–Crippen LogP) is 1.44. The Morgan fingerprint density at radius 3 is 2.75 bits per heavy atom. The highest BCUT2D eigenvalue weighted by molar-refractivity contribution is 5.94. The van der Waals surface area contributed by atoms with Gasteiger partial charge in [0.2, 0.25) is 5.91 Å². The van der Waals surface area contributed by atoms with Crippen LogP contribution < -0.4 is 10.1 Å². The number of carbonyl (C=O) groups excluding carboxylic acids is 2. The molecule has 0 radical (unpaired) electrons. The van der Waals surface area contributed by atoms with E-state index in [1.807, 2.05) is 19.1 Å². The number of hydrogen-bond acceptors (Lipinski definition) is 3. The Labute approximate surface area is 118 Å². The first-order valence-corrected chi connectivity index (χ1v) is 6.99. The van der Waals surface area contributed by atoms with E-state index in [0.29, 0.717) is 38.2 Å². The molecular formula is C15H20N2O3. The molecule has 0 unspecified atom stereocenters. The molecule has 2 rings (SSSR count). The van der Waals surface area contributed by atoms with Gasteiger partial charge in [0, 0.05) is 31.6 Å². The number of amides is 2. The van der Waals surface area contributed by atoms with Gasteiger partial charge in [0.15, 0.2) is 0 Å². The van der Waals surface area contributed by atoms with Crippen molar-refractivity contribution in [3.8, 4) is 5.75 Å².